The third-order valence-corrected chi connectivity index (χ3v) is 5.94. The van der Waals surface area contributed by atoms with E-state index >= 15 is 0 Å². The lowest BCUT2D eigenvalue weighted by molar-refractivity contribution is 0.0993. The Morgan fingerprint density at radius 1 is 1.12 bits per heavy atom. The second kappa shape index (κ2) is 7.03. The van der Waals surface area contributed by atoms with Crippen molar-refractivity contribution in [2.24, 2.45) is 7.05 Å². The Balaban J connectivity index is 1.52. The summed E-state index contributed by atoms with van der Waals surface area (Å²) in [6.45, 7) is 1.93. The average molecular weight is 364 g/mol. The quantitative estimate of drug-likeness (QED) is 0.510. The van der Waals surface area contributed by atoms with E-state index < -0.39 is 0 Å². The van der Waals surface area contributed by atoms with E-state index in [1.165, 1.54) is 29.3 Å². The molecule has 2 heterocycles. The molecule has 1 aliphatic rings. The largest absolute Gasteiger partial charge is 0.305 e. The number of pyridine rings is 1. The van der Waals surface area contributed by atoms with Gasteiger partial charge in [-0.3, -0.25) is 9.78 Å². The summed E-state index contributed by atoms with van der Waals surface area (Å²) in [5.74, 6) is 0.908. The Morgan fingerprint density at radius 3 is 2.69 bits per heavy atom. The van der Waals surface area contributed by atoms with Crippen LogP contribution in [0.3, 0.4) is 0 Å². The van der Waals surface area contributed by atoms with E-state index in [0.717, 1.165) is 34.9 Å². The summed E-state index contributed by atoms with van der Waals surface area (Å²) < 4.78 is 1.92. The monoisotopic (exact) mass is 364 g/mol. The predicted octanol–water partition coefficient (Wildman–Crippen LogP) is 3.73. The fraction of sp³-hybridized carbons (Fsp3) is 0.300. The van der Waals surface area contributed by atoms with Crippen LogP contribution in [0.1, 0.15) is 34.8 Å². The minimum Gasteiger partial charge on any atom is -0.305 e. The Hall–Kier alpha value is -2.47. The molecule has 26 heavy (non-hydrogen) atoms. The number of hydrogen-bond acceptors (Lipinski definition) is 5. The van der Waals surface area contributed by atoms with Crippen LogP contribution in [0.4, 0.5) is 0 Å². The van der Waals surface area contributed by atoms with Crippen molar-refractivity contribution in [3.05, 3.63) is 59.4 Å². The molecule has 0 saturated heterocycles. The van der Waals surface area contributed by atoms with Gasteiger partial charge < -0.3 is 4.57 Å². The molecule has 0 unspecified atom stereocenters. The number of rotatable bonds is 5. The van der Waals surface area contributed by atoms with Gasteiger partial charge in [-0.25, -0.2) is 0 Å². The maximum Gasteiger partial charge on any atom is 0.191 e. The third kappa shape index (κ3) is 3.17. The first-order chi connectivity index (χ1) is 12.6. The Bertz CT molecular complexity index is 952. The van der Waals surface area contributed by atoms with Crippen molar-refractivity contribution in [1.29, 1.82) is 0 Å². The molecular weight excluding hydrogens is 344 g/mol. The summed E-state index contributed by atoms with van der Waals surface area (Å²) >= 11 is 1.45. The SMILES string of the molecule is C[C@H](Sc1nnc(-c2ccncc2)n1C)C(=O)c1ccc2c(c1)CCC2. The maximum absolute atomic E-state index is 12.9. The van der Waals surface area contributed by atoms with Crippen molar-refractivity contribution in [1.82, 2.24) is 19.7 Å². The van der Waals surface area contributed by atoms with Crippen molar-refractivity contribution in [2.45, 2.75) is 36.6 Å². The van der Waals surface area contributed by atoms with Crippen molar-refractivity contribution in [3.63, 3.8) is 0 Å². The number of nitrogens with zero attached hydrogens (tertiary/aromatic N) is 4. The van der Waals surface area contributed by atoms with Crippen molar-refractivity contribution in [3.8, 4) is 11.4 Å². The van der Waals surface area contributed by atoms with Gasteiger partial charge in [-0.1, -0.05) is 23.9 Å². The van der Waals surface area contributed by atoms with Gasteiger partial charge in [0.15, 0.2) is 16.8 Å². The Kier molecular flexibility index (Phi) is 4.59. The fourth-order valence-electron chi connectivity index (χ4n) is 3.34. The summed E-state index contributed by atoms with van der Waals surface area (Å²) in [5.41, 5.74) is 4.46. The van der Waals surface area contributed by atoms with Gasteiger partial charge in [-0.15, -0.1) is 10.2 Å². The summed E-state index contributed by atoms with van der Waals surface area (Å²) in [6.07, 6.45) is 6.86. The van der Waals surface area contributed by atoms with Crippen LogP contribution in [0.25, 0.3) is 11.4 Å². The molecule has 0 fully saturated rings. The van der Waals surface area contributed by atoms with E-state index in [1.807, 2.05) is 36.7 Å². The van der Waals surface area contributed by atoms with Gasteiger partial charge in [0.1, 0.15) is 0 Å². The van der Waals surface area contributed by atoms with Gasteiger partial charge >= 0.3 is 0 Å². The lowest BCUT2D eigenvalue weighted by Gasteiger charge is -2.11. The first kappa shape index (κ1) is 17.0. The van der Waals surface area contributed by atoms with Gasteiger partial charge in [-0.2, -0.15) is 0 Å². The number of Topliss-reactive ketones (excluding diaryl/α,β-unsaturated/α-hetero) is 1. The van der Waals surface area contributed by atoms with E-state index in [2.05, 4.69) is 27.3 Å². The molecule has 5 nitrogen and oxygen atoms in total. The summed E-state index contributed by atoms with van der Waals surface area (Å²) in [5, 5.41) is 9.06. The number of carbonyl (C=O) groups excluding carboxylic acids is 1. The molecule has 1 atom stereocenters. The van der Waals surface area contributed by atoms with Crippen LogP contribution in [0, 0.1) is 0 Å². The lowest BCUT2D eigenvalue weighted by Crippen LogP contribution is -2.14. The number of benzene rings is 1. The highest BCUT2D eigenvalue weighted by molar-refractivity contribution is 8.00. The highest BCUT2D eigenvalue weighted by Crippen LogP contribution is 2.29. The summed E-state index contributed by atoms with van der Waals surface area (Å²) in [4.78, 5) is 16.9. The number of hydrogen-bond donors (Lipinski definition) is 0. The highest BCUT2D eigenvalue weighted by Gasteiger charge is 2.22. The Labute approximate surface area is 156 Å². The average Bonchev–Trinajstić information content (AvgIpc) is 3.28. The summed E-state index contributed by atoms with van der Waals surface area (Å²) in [7, 11) is 1.92. The van der Waals surface area contributed by atoms with Crippen LogP contribution in [0.2, 0.25) is 0 Å². The number of aromatic nitrogens is 4. The second-order valence-electron chi connectivity index (χ2n) is 6.56. The predicted molar refractivity (Wildman–Crippen MR) is 102 cm³/mol. The van der Waals surface area contributed by atoms with Crippen molar-refractivity contribution in [2.75, 3.05) is 0 Å². The first-order valence-corrected chi connectivity index (χ1v) is 9.64. The smallest absolute Gasteiger partial charge is 0.191 e. The molecule has 0 saturated carbocycles. The zero-order chi connectivity index (χ0) is 18.1. The first-order valence-electron chi connectivity index (χ1n) is 8.76. The maximum atomic E-state index is 12.9. The zero-order valence-corrected chi connectivity index (χ0v) is 15.7. The second-order valence-corrected chi connectivity index (χ2v) is 7.87. The molecule has 4 rings (SSSR count). The van der Waals surface area contributed by atoms with E-state index in [9.17, 15) is 4.79 Å². The van der Waals surface area contributed by atoms with E-state index in [4.69, 9.17) is 0 Å². The number of aryl methyl sites for hydroxylation is 2. The van der Waals surface area contributed by atoms with Gasteiger partial charge in [0, 0.05) is 30.6 Å². The minimum absolute atomic E-state index is 0.137. The molecule has 1 aromatic carbocycles. The molecule has 0 amide bonds. The molecule has 2 aromatic heterocycles. The minimum atomic E-state index is -0.220. The third-order valence-electron chi connectivity index (χ3n) is 4.81. The van der Waals surface area contributed by atoms with Gasteiger partial charge in [0.25, 0.3) is 0 Å². The topological polar surface area (TPSA) is 60.7 Å². The molecular formula is C20H20N4OS. The molecule has 0 aliphatic heterocycles. The van der Waals surface area contributed by atoms with Crippen LogP contribution >= 0.6 is 11.8 Å². The van der Waals surface area contributed by atoms with Crippen LogP contribution in [-0.4, -0.2) is 30.8 Å². The molecule has 0 N–H and O–H groups in total. The number of fused-ring (bicyclic) bond motifs is 1. The molecule has 6 heteroatoms. The molecule has 3 aromatic rings. The molecule has 0 radical (unpaired) electrons. The van der Waals surface area contributed by atoms with Crippen LogP contribution in [0.15, 0.2) is 47.9 Å². The van der Waals surface area contributed by atoms with E-state index in [1.54, 1.807) is 12.4 Å². The van der Waals surface area contributed by atoms with Gasteiger partial charge in [-0.05, 0) is 55.5 Å². The molecule has 0 bridgehead atoms. The van der Waals surface area contributed by atoms with Crippen molar-refractivity contribution >= 4 is 17.5 Å². The van der Waals surface area contributed by atoms with E-state index in [0.29, 0.717) is 0 Å². The lowest BCUT2D eigenvalue weighted by atomic mass is 10.0. The van der Waals surface area contributed by atoms with Crippen LogP contribution in [0.5, 0.6) is 0 Å². The Morgan fingerprint density at radius 2 is 1.88 bits per heavy atom. The number of carbonyl (C=O) groups is 1. The number of ketones is 1. The standard InChI is InChI=1S/C20H20N4OS/c1-13(18(25)17-7-6-14-4-3-5-16(14)12-17)26-20-23-22-19(24(20)2)15-8-10-21-11-9-15/h6-13H,3-5H2,1-2H3/t13-/m0/s1. The molecule has 0 spiro atoms. The summed E-state index contributed by atoms with van der Waals surface area (Å²) in [6, 6.07) is 9.94. The van der Waals surface area contributed by atoms with Crippen LogP contribution in [-0.2, 0) is 19.9 Å². The normalized spacial score (nSPS) is 14.2. The highest BCUT2D eigenvalue weighted by atomic mass is 32.2. The van der Waals surface area contributed by atoms with Crippen molar-refractivity contribution < 1.29 is 4.79 Å². The van der Waals surface area contributed by atoms with Gasteiger partial charge in [0.05, 0.1) is 5.25 Å². The van der Waals surface area contributed by atoms with Crippen LogP contribution < -0.4 is 0 Å². The van der Waals surface area contributed by atoms with E-state index in [-0.39, 0.29) is 11.0 Å². The number of thioether (sulfide) groups is 1. The van der Waals surface area contributed by atoms with Gasteiger partial charge in [0.2, 0.25) is 0 Å². The molecule has 132 valence electrons. The fourth-order valence-corrected chi connectivity index (χ4v) is 4.23. The molecule has 1 aliphatic carbocycles. The zero-order valence-electron chi connectivity index (χ0n) is 14.8.